The lowest BCUT2D eigenvalue weighted by molar-refractivity contribution is -0.118. The number of nitrogens with two attached hydrogens (primary N) is 1. The van der Waals surface area contributed by atoms with Crippen LogP contribution >= 0.6 is 0 Å². The second-order valence-corrected chi connectivity index (χ2v) is 4.78. The number of hydrogen-bond acceptors (Lipinski definition) is 3. The minimum absolute atomic E-state index is 0.220. The van der Waals surface area contributed by atoms with E-state index in [9.17, 15) is 4.79 Å². The maximum Gasteiger partial charge on any atom is 0.140 e. The summed E-state index contributed by atoms with van der Waals surface area (Å²) in [5, 5.41) is 0. The Labute approximate surface area is 113 Å². The lowest BCUT2D eigenvalue weighted by atomic mass is 10.1. The second kappa shape index (κ2) is 6.48. The Bertz CT molecular complexity index is 560. The molecule has 2 N–H and O–H groups in total. The van der Waals surface area contributed by atoms with E-state index in [1.165, 1.54) is 0 Å². The van der Waals surface area contributed by atoms with Crippen LogP contribution in [0.1, 0.15) is 32.0 Å². The summed E-state index contributed by atoms with van der Waals surface area (Å²) in [6.45, 7) is 3.60. The zero-order chi connectivity index (χ0) is 13.7. The van der Waals surface area contributed by atoms with E-state index in [0.29, 0.717) is 19.4 Å². The van der Waals surface area contributed by atoms with E-state index >= 15 is 0 Å². The highest BCUT2D eigenvalue weighted by Gasteiger charge is 2.13. The Morgan fingerprint density at radius 1 is 1.37 bits per heavy atom. The average molecular weight is 259 g/mol. The summed E-state index contributed by atoms with van der Waals surface area (Å²) >= 11 is 0. The molecule has 4 heteroatoms. The van der Waals surface area contributed by atoms with Gasteiger partial charge in [0.25, 0.3) is 0 Å². The Kier molecular flexibility index (Phi) is 4.68. The van der Waals surface area contributed by atoms with Crippen LogP contribution in [0.25, 0.3) is 11.0 Å². The van der Waals surface area contributed by atoms with Crippen LogP contribution in [0, 0.1) is 0 Å². The third-order valence-corrected chi connectivity index (χ3v) is 3.20. The van der Waals surface area contributed by atoms with Crippen molar-refractivity contribution in [3.63, 3.8) is 0 Å². The molecule has 19 heavy (non-hydrogen) atoms. The van der Waals surface area contributed by atoms with Crippen LogP contribution in [-0.2, 0) is 17.8 Å². The van der Waals surface area contributed by atoms with E-state index in [0.717, 1.165) is 36.2 Å². The smallest absolute Gasteiger partial charge is 0.140 e. The van der Waals surface area contributed by atoms with Gasteiger partial charge in [-0.25, -0.2) is 4.98 Å². The van der Waals surface area contributed by atoms with Crippen LogP contribution in [0.2, 0.25) is 0 Å². The fraction of sp³-hybridized carbons (Fsp3) is 0.467. The lowest BCUT2D eigenvalue weighted by Crippen LogP contribution is -2.11. The fourth-order valence-corrected chi connectivity index (χ4v) is 2.30. The molecule has 0 fully saturated rings. The van der Waals surface area contributed by atoms with E-state index < -0.39 is 0 Å². The number of carbonyl (C=O) groups excluding carboxylic acids is 1. The van der Waals surface area contributed by atoms with Gasteiger partial charge in [-0.05, 0) is 31.5 Å². The van der Waals surface area contributed by atoms with Gasteiger partial charge in [0.1, 0.15) is 11.6 Å². The number of carbonyl (C=O) groups is 1. The Balaban J connectivity index is 2.26. The quantitative estimate of drug-likeness (QED) is 0.830. The van der Waals surface area contributed by atoms with Gasteiger partial charge in [0, 0.05) is 13.0 Å². The van der Waals surface area contributed by atoms with Gasteiger partial charge < -0.3 is 10.3 Å². The van der Waals surface area contributed by atoms with E-state index in [2.05, 4.69) is 22.5 Å². The molecule has 0 saturated heterocycles. The lowest BCUT2D eigenvalue weighted by Gasteiger charge is -2.07. The van der Waals surface area contributed by atoms with Gasteiger partial charge >= 0.3 is 0 Å². The molecule has 0 saturated carbocycles. The molecule has 0 aliphatic heterocycles. The van der Waals surface area contributed by atoms with Gasteiger partial charge in [-0.3, -0.25) is 4.79 Å². The number of imidazole rings is 1. The monoisotopic (exact) mass is 259 g/mol. The van der Waals surface area contributed by atoms with Crippen molar-refractivity contribution in [3.8, 4) is 0 Å². The standard InChI is InChI=1S/C15H21N3O/c1-2-10-18-14-8-4-3-7-13(14)17-15(18)11-12(19)6-5-9-16/h3-4,7-8H,2,5-6,9-11,16H2,1H3. The predicted octanol–water partition coefficient (Wildman–Crippen LogP) is 2.30. The van der Waals surface area contributed by atoms with Crippen LogP contribution in [-0.4, -0.2) is 21.9 Å². The summed E-state index contributed by atoms with van der Waals surface area (Å²) in [7, 11) is 0. The van der Waals surface area contributed by atoms with Crippen LogP contribution in [0.4, 0.5) is 0 Å². The summed E-state index contributed by atoms with van der Waals surface area (Å²) in [5.41, 5.74) is 7.52. The first-order chi connectivity index (χ1) is 9.26. The number of para-hydroxylation sites is 2. The van der Waals surface area contributed by atoms with Crippen molar-refractivity contribution in [1.82, 2.24) is 9.55 Å². The Morgan fingerprint density at radius 2 is 2.16 bits per heavy atom. The Morgan fingerprint density at radius 3 is 2.89 bits per heavy atom. The molecule has 0 aliphatic rings. The minimum atomic E-state index is 0.220. The molecule has 0 aliphatic carbocycles. The van der Waals surface area contributed by atoms with Gasteiger partial charge in [-0.2, -0.15) is 0 Å². The summed E-state index contributed by atoms with van der Waals surface area (Å²) in [4.78, 5) is 16.5. The Hall–Kier alpha value is -1.68. The molecule has 2 rings (SSSR count). The fourth-order valence-electron chi connectivity index (χ4n) is 2.30. The zero-order valence-electron chi connectivity index (χ0n) is 11.4. The zero-order valence-corrected chi connectivity index (χ0v) is 11.4. The van der Waals surface area contributed by atoms with Gasteiger partial charge in [0.05, 0.1) is 17.5 Å². The third-order valence-electron chi connectivity index (χ3n) is 3.20. The maximum absolute atomic E-state index is 11.9. The average Bonchev–Trinajstić information content (AvgIpc) is 2.75. The van der Waals surface area contributed by atoms with Crippen LogP contribution in [0.5, 0.6) is 0 Å². The van der Waals surface area contributed by atoms with Crippen LogP contribution in [0.15, 0.2) is 24.3 Å². The summed E-state index contributed by atoms with van der Waals surface area (Å²) in [6.07, 6.45) is 2.75. The molecule has 0 atom stereocenters. The maximum atomic E-state index is 11.9. The molecule has 0 bridgehead atoms. The highest BCUT2D eigenvalue weighted by atomic mass is 16.1. The molecular weight excluding hydrogens is 238 g/mol. The van der Waals surface area contributed by atoms with Crippen molar-refractivity contribution < 1.29 is 4.79 Å². The summed E-state index contributed by atoms with van der Waals surface area (Å²) < 4.78 is 2.16. The first-order valence-electron chi connectivity index (χ1n) is 6.92. The first kappa shape index (κ1) is 13.7. The topological polar surface area (TPSA) is 60.9 Å². The normalized spacial score (nSPS) is 11.1. The molecule has 4 nitrogen and oxygen atoms in total. The number of aromatic nitrogens is 2. The number of ketones is 1. The first-order valence-corrected chi connectivity index (χ1v) is 6.92. The summed E-state index contributed by atoms with van der Waals surface area (Å²) in [6, 6.07) is 8.04. The molecule has 0 amide bonds. The molecule has 0 spiro atoms. The van der Waals surface area contributed by atoms with E-state index in [1.807, 2.05) is 18.2 Å². The van der Waals surface area contributed by atoms with Gasteiger partial charge in [-0.15, -0.1) is 0 Å². The van der Waals surface area contributed by atoms with E-state index in [-0.39, 0.29) is 5.78 Å². The van der Waals surface area contributed by atoms with Crippen molar-refractivity contribution in [2.45, 2.75) is 39.2 Å². The van der Waals surface area contributed by atoms with E-state index in [1.54, 1.807) is 0 Å². The predicted molar refractivity (Wildman–Crippen MR) is 77.0 cm³/mol. The molecular formula is C15H21N3O. The molecule has 102 valence electrons. The molecule has 1 aromatic carbocycles. The largest absolute Gasteiger partial charge is 0.330 e. The SMILES string of the molecule is CCCn1c(CC(=O)CCCN)nc2ccccc21. The second-order valence-electron chi connectivity index (χ2n) is 4.78. The molecule has 1 heterocycles. The van der Waals surface area contributed by atoms with Crippen LogP contribution < -0.4 is 5.73 Å². The number of benzene rings is 1. The van der Waals surface area contributed by atoms with E-state index in [4.69, 9.17) is 5.73 Å². The number of aryl methyl sites for hydroxylation is 1. The van der Waals surface area contributed by atoms with Crippen molar-refractivity contribution in [1.29, 1.82) is 0 Å². The highest BCUT2D eigenvalue weighted by molar-refractivity contribution is 5.82. The molecule has 0 radical (unpaired) electrons. The van der Waals surface area contributed by atoms with Crippen molar-refractivity contribution in [2.75, 3.05) is 6.54 Å². The van der Waals surface area contributed by atoms with Crippen molar-refractivity contribution in [2.24, 2.45) is 5.73 Å². The van der Waals surface area contributed by atoms with Gasteiger partial charge in [0.15, 0.2) is 0 Å². The van der Waals surface area contributed by atoms with Gasteiger partial charge in [0.2, 0.25) is 0 Å². The highest BCUT2D eigenvalue weighted by Crippen LogP contribution is 2.17. The number of Topliss-reactive ketones (excluding diaryl/α,β-unsaturated/α-hetero) is 1. The number of fused-ring (bicyclic) bond motifs is 1. The molecule has 2 aromatic rings. The number of nitrogens with zero attached hydrogens (tertiary/aromatic N) is 2. The number of hydrogen-bond donors (Lipinski definition) is 1. The minimum Gasteiger partial charge on any atom is -0.330 e. The van der Waals surface area contributed by atoms with Crippen molar-refractivity contribution in [3.05, 3.63) is 30.1 Å². The third kappa shape index (κ3) is 3.20. The number of rotatable bonds is 7. The van der Waals surface area contributed by atoms with Crippen molar-refractivity contribution >= 4 is 16.8 Å². The van der Waals surface area contributed by atoms with Crippen LogP contribution in [0.3, 0.4) is 0 Å². The summed E-state index contributed by atoms with van der Waals surface area (Å²) in [5.74, 6) is 1.10. The molecule has 1 aromatic heterocycles. The van der Waals surface area contributed by atoms with Gasteiger partial charge in [-0.1, -0.05) is 19.1 Å². The molecule has 0 unspecified atom stereocenters.